The second-order valence-corrected chi connectivity index (χ2v) is 5.85. The van der Waals surface area contributed by atoms with Crippen LogP contribution in [0.3, 0.4) is 0 Å². The van der Waals surface area contributed by atoms with Crippen molar-refractivity contribution < 1.29 is 9.59 Å². The van der Waals surface area contributed by atoms with Crippen molar-refractivity contribution in [1.29, 1.82) is 5.26 Å². The molecule has 3 rings (SSSR count). The van der Waals surface area contributed by atoms with Gasteiger partial charge in [0.25, 0.3) is 5.91 Å². The van der Waals surface area contributed by atoms with Crippen LogP contribution >= 0.6 is 0 Å². The van der Waals surface area contributed by atoms with E-state index in [-0.39, 0.29) is 18.4 Å². The lowest BCUT2D eigenvalue weighted by molar-refractivity contribution is -0.114. The number of hydrogen-bond acceptors (Lipinski definition) is 4. The third-order valence-electron chi connectivity index (χ3n) is 3.95. The number of benzene rings is 1. The van der Waals surface area contributed by atoms with E-state index in [2.05, 4.69) is 16.9 Å². The number of aromatic nitrogens is 1. The van der Waals surface area contributed by atoms with Crippen molar-refractivity contribution >= 4 is 17.5 Å². The largest absolute Gasteiger partial charge is 0.329 e. The number of rotatable bonds is 4. The molecule has 2 aromatic rings. The van der Waals surface area contributed by atoms with Gasteiger partial charge in [0, 0.05) is 36.4 Å². The molecule has 2 heterocycles. The number of nitriles is 1. The van der Waals surface area contributed by atoms with Gasteiger partial charge in [0.1, 0.15) is 0 Å². The smallest absolute Gasteiger partial charge is 0.254 e. The summed E-state index contributed by atoms with van der Waals surface area (Å²) in [5.74, 6) is -0.284. The molecule has 1 aliphatic heterocycles. The van der Waals surface area contributed by atoms with Gasteiger partial charge in [-0.05, 0) is 23.3 Å². The fourth-order valence-corrected chi connectivity index (χ4v) is 2.91. The highest BCUT2D eigenvalue weighted by Gasteiger charge is 2.29. The highest BCUT2D eigenvalue weighted by atomic mass is 16.2. The minimum atomic E-state index is -0.173. The molecule has 0 bridgehead atoms. The maximum Gasteiger partial charge on any atom is 0.254 e. The van der Waals surface area contributed by atoms with E-state index in [1.54, 1.807) is 23.4 Å². The van der Waals surface area contributed by atoms with E-state index in [9.17, 15) is 9.59 Å². The van der Waals surface area contributed by atoms with Crippen LogP contribution in [0.25, 0.3) is 11.1 Å². The second-order valence-electron chi connectivity index (χ2n) is 5.85. The molecular weight excluding hydrogens is 316 g/mol. The number of carbonyl (C=O) groups is 2. The van der Waals surface area contributed by atoms with Crippen molar-refractivity contribution in [3.05, 3.63) is 59.9 Å². The van der Waals surface area contributed by atoms with Gasteiger partial charge in [0.2, 0.25) is 5.91 Å². The van der Waals surface area contributed by atoms with Crippen LogP contribution in [0.1, 0.15) is 22.8 Å². The summed E-state index contributed by atoms with van der Waals surface area (Å²) in [5, 5.41) is 11.6. The average Bonchev–Trinajstić information content (AvgIpc) is 2.90. The molecule has 0 fully saturated rings. The standard InChI is InChI=1S/C19H16N4O2/c1-12(7-20)10-23-11-18-16(4-3-5-17(18)19(23)25)14-6-15(9-21-8-14)22-13(2)24/h3-6,8-9H,1,10-11H2,2H3,(H,22,24). The molecule has 1 aliphatic rings. The zero-order valence-corrected chi connectivity index (χ0v) is 13.7. The second kappa shape index (κ2) is 6.57. The van der Waals surface area contributed by atoms with E-state index in [0.717, 1.165) is 16.7 Å². The van der Waals surface area contributed by atoms with Crippen molar-refractivity contribution in [2.45, 2.75) is 13.5 Å². The van der Waals surface area contributed by atoms with Gasteiger partial charge in [-0.3, -0.25) is 14.6 Å². The molecular formula is C19H16N4O2. The summed E-state index contributed by atoms with van der Waals surface area (Å²) < 4.78 is 0. The number of nitrogens with zero attached hydrogens (tertiary/aromatic N) is 3. The average molecular weight is 332 g/mol. The summed E-state index contributed by atoms with van der Waals surface area (Å²) in [4.78, 5) is 29.6. The number of nitrogens with one attached hydrogen (secondary N) is 1. The molecule has 0 spiro atoms. The van der Waals surface area contributed by atoms with Crippen molar-refractivity contribution in [2.24, 2.45) is 0 Å². The molecule has 6 nitrogen and oxygen atoms in total. The fraction of sp³-hybridized carbons (Fsp3) is 0.158. The molecule has 0 aliphatic carbocycles. The van der Waals surface area contributed by atoms with Gasteiger partial charge < -0.3 is 10.2 Å². The van der Waals surface area contributed by atoms with Gasteiger partial charge in [0.05, 0.1) is 24.5 Å². The number of hydrogen-bond donors (Lipinski definition) is 1. The van der Waals surface area contributed by atoms with Crippen LogP contribution in [0.5, 0.6) is 0 Å². The number of amides is 2. The molecule has 0 saturated heterocycles. The minimum Gasteiger partial charge on any atom is -0.329 e. The highest BCUT2D eigenvalue weighted by Crippen LogP contribution is 2.33. The van der Waals surface area contributed by atoms with E-state index in [0.29, 0.717) is 23.4 Å². The number of pyridine rings is 1. The quantitative estimate of drug-likeness (QED) is 0.872. The van der Waals surface area contributed by atoms with Crippen molar-refractivity contribution in [1.82, 2.24) is 9.88 Å². The van der Waals surface area contributed by atoms with Gasteiger partial charge in [-0.15, -0.1) is 0 Å². The molecule has 0 saturated carbocycles. The molecule has 1 aromatic carbocycles. The van der Waals surface area contributed by atoms with Crippen LogP contribution in [0.4, 0.5) is 5.69 Å². The van der Waals surface area contributed by atoms with Gasteiger partial charge in [-0.2, -0.15) is 5.26 Å². The summed E-state index contributed by atoms with van der Waals surface area (Å²) in [6.45, 7) is 5.71. The molecule has 0 atom stereocenters. The minimum absolute atomic E-state index is 0.112. The zero-order chi connectivity index (χ0) is 18.0. The Morgan fingerprint density at radius 3 is 2.88 bits per heavy atom. The molecule has 25 heavy (non-hydrogen) atoms. The monoisotopic (exact) mass is 332 g/mol. The van der Waals surface area contributed by atoms with E-state index < -0.39 is 0 Å². The van der Waals surface area contributed by atoms with Gasteiger partial charge >= 0.3 is 0 Å². The maximum absolute atomic E-state index is 12.5. The zero-order valence-electron chi connectivity index (χ0n) is 13.7. The maximum atomic E-state index is 12.5. The lowest BCUT2D eigenvalue weighted by atomic mass is 9.98. The summed E-state index contributed by atoms with van der Waals surface area (Å²) in [6, 6.07) is 9.32. The van der Waals surface area contributed by atoms with Crippen LogP contribution in [-0.2, 0) is 11.3 Å². The first kappa shape index (κ1) is 16.4. The van der Waals surface area contributed by atoms with Crippen LogP contribution in [0.15, 0.2) is 48.8 Å². The summed E-state index contributed by atoms with van der Waals surface area (Å²) in [6.07, 6.45) is 3.27. The Hall–Kier alpha value is -3.46. The predicted octanol–water partition coefficient (Wildman–Crippen LogP) is 2.74. The van der Waals surface area contributed by atoms with Gasteiger partial charge in [0.15, 0.2) is 0 Å². The van der Waals surface area contributed by atoms with Crippen LogP contribution in [0, 0.1) is 11.3 Å². The first-order valence-corrected chi connectivity index (χ1v) is 7.71. The lowest BCUT2D eigenvalue weighted by Gasteiger charge is -2.14. The van der Waals surface area contributed by atoms with Crippen molar-refractivity contribution in [2.75, 3.05) is 11.9 Å². The predicted molar refractivity (Wildman–Crippen MR) is 93.5 cm³/mol. The van der Waals surface area contributed by atoms with Crippen molar-refractivity contribution in [3.63, 3.8) is 0 Å². The third kappa shape index (κ3) is 3.26. The van der Waals surface area contributed by atoms with E-state index in [1.807, 2.05) is 24.3 Å². The molecule has 124 valence electrons. The summed E-state index contributed by atoms with van der Waals surface area (Å²) >= 11 is 0. The van der Waals surface area contributed by atoms with Crippen molar-refractivity contribution in [3.8, 4) is 17.2 Å². The Balaban J connectivity index is 1.98. The Kier molecular flexibility index (Phi) is 4.31. The number of carbonyl (C=O) groups excluding carboxylic acids is 2. The lowest BCUT2D eigenvalue weighted by Crippen LogP contribution is -2.25. The first-order valence-electron chi connectivity index (χ1n) is 7.71. The van der Waals surface area contributed by atoms with E-state index in [1.165, 1.54) is 6.92 Å². The molecule has 0 unspecified atom stereocenters. The SMILES string of the molecule is C=C(C#N)CN1Cc2c(cccc2-c2cncc(NC(C)=O)c2)C1=O. The number of fused-ring (bicyclic) bond motifs is 1. The first-order chi connectivity index (χ1) is 12.0. The van der Waals surface area contributed by atoms with Crippen LogP contribution < -0.4 is 5.32 Å². The van der Waals surface area contributed by atoms with Gasteiger partial charge in [-0.25, -0.2) is 0 Å². The Bertz CT molecular complexity index is 927. The Morgan fingerprint density at radius 2 is 2.16 bits per heavy atom. The van der Waals surface area contributed by atoms with E-state index >= 15 is 0 Å². The molecule has 6 heteroatoms. The molecule has 1 aromatic heterocycles. The normalized spacial score (nSPS) is 12.5. The Morgan fingerprint density at radius 1 is 1.40 bits per heavy atom. The molecule has 2 amide bonds. The van der Waals surface area contributed by atoms with Crippen LogP contribution in [-0.4, -0.2) is 28.2 Å². The van der Waals surface area contributed by atoms with E-state index in [4.69, 9.17) is 5.26 Å². The Labute approximate surface area is 145 Å². The topological polar surface area (TPSA) is 86.1 Å². The third-order valence-corrected chi connectivity index (χ3v) is 3.95. The van der Waals surface area contributed by atoms with Gasteiger partial charge in [-0.1, -0.05) is 18.7 Å². The molecule has 0 radical (unpaired) electrons. The number of anilines is 1. The summed E-state index contributed by atoms with van der Waals surface area (Å²) in [7, 11) is 0. The van der Waals surface area contributed by atoms with Crippen LogP contribution in [0.2, 0.25) is 0 Å². The molecule has 1 N–H and O–H groups in total. The highest BCUT2D eigenvalue weighted by molar-refractivity contribution is 6.01. The summed E-state index contributed by atoms with van der Waals surface area (Å²) in [5.41, 5.74) is 4.15. The fourth-order valence-electron chi connectivity index (χ4n) is 2.91.